The van der Waals surface area contributed by atoms with E-state index in [4.69, 9.17) is 4.42 Å². The van der Waals surface area contributed by atoms with Gasteiger partial charge in [-0.05, 0) is 30.7 Å². The SMILES string of the molecule is CCCCc1nnc(-c2ccc(-c3nc4ccccc4[nH]3)cc2)o1. The number of H-pyrrole nitrogens is 1. The summed E-state index contributed by atoms with van der Waals surface area (Å²) in [6.45, 7) is 2.15. The molecule has 0 radical (unpaired) electrons. The molecule has 24 heavy (non-hydrogen) atoms. The average Bonchev–Trinajstić information content (AvgIpc) is 3.27. The fourth-order valence-corrected chi connectivity index (χ4v) is 2.66. The van der Waals surface area contributed by atoms with Gasteiger partial charge >= 0.3 is 0 Å². The largest absolute Gasteiger partial charge is 0.421 e. The van der Waals surface area contributed by atoms with E-state index in [1.54, 1.807) is 0 Å². The maximum absolute atomic E-state index is 5.72. The van der Waals surface area contributed by atoms with E-state index in [9.17, 15) is 0 Å². The normalized spacial score (nSPS) is 11.2. The molecule has 0 unspecified atom stereocenters. The van der Waals surface area contributed by atoms with Gasteiger partial charge in [0.25, 0.3) is 0 Å². The van der Waals surface area contributed by atoms with Crippen LogP contribution in [0.15, 0.2) is 52.9 Å². The molecule has 0 spiro atoms. The number of nitrogens with zero attached hydrogens (tertiary/aromatic N) is 3. The minimum atomic E-state index is 0.567. The molecule has 0 fully saturated rings. The molecule has 2 aromatic heterocycles. The highest BCUT2D eigenvalue weighted by molar-refractivity contribution is 5.79. The monoisotopic (exact) mass is 318 g/mol. The predicted octanol–water partition coefficient (Wildman–Crippen LogP) is 4.62. The average molecular weight is 318 g/mol. The maximum Gasteiger partial charge on any atom is 0.247 e. The molecule has 4 aromatic rings. The van der Waals surface area contributed by atoms with Crippen molar-refractivity contribution < 1.29 is 4.42 Å². The first-order chi connectivity index (χ1) is 11.8. The first-order valence-corrected chi connectivity index (χ1v) is 8.21. The van der Waals surface area contributed by atoms with Gasteiger partial charge in [0, 0.05) is 17.5 Å². The molecule has 1 N–H and O–H groups in total. The summed E-state index contributed by atoms with van der Waals surface area (Å²) in [5, 5.41) is 8.24. The van der Waals surface area contributed by atoms with Crippen molar-refractivity contribution in [3.05, 3.63) is 54.4 Å². The summed E-state index contributed by atoms with van der Waals surface area (Å²) in [5.74, 6) is 2.13. The zero-order chi connectivity index (χ0) is 16.4. The van der Waals surface area contributed by atoms with E-state index in [1.807, 2.05) is 48.5 Å². The lowest BCUT2D eigenvalue weighted by Crippen LogP contribution is -1.83. The van der Waals surface area contributed by atoms with Gasteiger partial charge in [0.2, 0.25) is 11.8 Å². The third-order valence-electron chi connectivity index (χ3n) is 4.01. The Morgan fingerprint density at radius 1 is 0.958 bits per heavy atom. The van der Waals surface area contributed by atoms with Crippen LogP contribution in [0.5, 0.6) is 0 Å². The van der Waals surface area contributed by atoms with Crippen LogP contribution in [0, 0.1) is 0 Å². The van der Waals surface area contributed by atoms with Crippen LogP contribution >= 0.6 is 0 Å². The Labute approximate surface area is 139 Å². The summed E-state index contributed by atoms with van der Waals surface area (Å²) in [6, 6.07) is 16.0. The van der Waals surface area contributed by atoms with Crippen LogP contribution in [-0.2, 0) is 6.42 Å². The molecule has 2 heterocycles. The number of rotatable bonds is 5. The fraction of sp³-hybridized carbons (Fsp3) is 0.211. The number of aromatic amines is 1. The molecular weight excluding hydrogens is 300 g/mol. The molecule has 4 rings (SSSR count). The number of unbranched alkanes of at least 4 members (excludes halogenated alkanes) is 1. The van der Waals surface area contributed by atoms with Gasteiger partial charge in [-0.25, -0.2) is 4.98 Å². The number of hydrogen-bond acceptors (Lipinski definition) is 4. The Balaban J connectivity index is 1.59. The summed E-state index contributed by atoms with van der Waals surface area (Å²) in [5.41, 5.74) is 3.95. The van der Waals surface area contributed by atoms with Gasteiger partial charge < -0.3 is 9.40 Å². The summed E-state index contributed by atoms with van der Waals surface area (Å²) in [4.78, 5) is 7.95. The number of benzene rings is 2. The highest BCUT2D eigenvalue weighted by Gasteiger charge is 2.10. The maximum atomic E-state index is 5.72. The topological polar surface area (TPSA) is 67.6 Å². The second-order valence-electron chi connectivity index (χ2n) is 5.78. The molecule has 0 aliphatic heterocycles. The van der Waals surface area contributed by atoms with Gasteiger partial charge in [-0.1, -0.05) is 37.6 Å². The molecule has 0 aliphatic rings. The number of imidazole rings is 1. The minimum Gasteiger partial charge on any atom is -0.421 e. The number of aromatic nitrogens is 4. The smallest absolute Gasteiger partial charge is 0.247 e. The summed E-state index contributed by atoms with van der Waals surface area (Å²) in [7, 11) is 0. The molecule has 0 amide bonds. The van der Waals surface area contributed by atoms with Crippen LogP contribution in [0.2, 0.25) is 0 Å². The van der Waals surface area contributed by atoms with Crippen molar-refractivity contribution in [3.63, 3.8) is 0 Å². The third kappa shape index (κ3) is 2.80. The number of nitrogens with one attached hydrogen (secondary N) is 1. The summed E-state index contributed by atoms with van der Waals surface area (Å²) >= 11 is 0. The van der Waals surface area contributed by atoms with Gasteiger partial charge in [0.15, 0.2) is 0 Å². The van der Waals surface area contributed by atoms with Crippen molar-refractivity contribution in [2.45, 2.75) is 26.2 Å². The van der Waals surface area contributed by atoms with Gasteiger partial charge in [-0.15, -0.1) is 10.2 Å². The van der Waals surface area contributed by atoms with Gasteiger partial charge in [0.05, 0.1) is 11.0 Å². The zero-order valence-corrected chi connectivity index (χ0v) is 13.5. The lowest BCUT2D eigenvalue weighted by molar-refractivity contribution is 0.496. The number of hydrogen-bond donors (Lipinski definition) is 1. The van der Waals surface area contributed by atoms with Crippen molar-refractivity contribution in [2.24, 2.45) is 0 Å². The minimum absolute atomic E-state index is 0.567. The predicted molar refractivity (Wildman–Crippen MR) is 93.4 cm³/mol. The molecule has 0 bridgehead atoms. The fourth-order valence-electron chi connectivity index (χ4n) is 2.66. The van der Waals surface area contributed by atoms with Crippen LogP contribution in [0.1, 0.15) is 25.7 Å². The Morgan fingerprint density at radius 2 is 1.75 bits per heavy atom. The lowest BCUT2D eigenvalue weighted by Gasteiger charge is -1.98. The lowest BCUT2D eigenvalue weighted by atomic mass is 10.1. The van der Waals surface area contributed by atoms with E-state index in [0.29, 0.717) is 11.8 Å². The van der Waals surface area contributed by atoms with Crippen molar-refractivity contribution in [1.82, 2.24) is 20.2 Å². The molecular formula is C19H18N4O. The molecule has 0 saturated carbocycles. The van der Waals surface area contributed by atoms with E-state index in [2.05, 4.69) is 27.1 Å². The molecule has 120 valence electrons. The summed E-state index contributed by atoms with van der Waals surface area (Å²) < 4.78 is 5.72. The molecule has 0 saturated heterocycles. The highest BCUT2D eigenvalue weighted by atomic mass is 16.4. The quantitative estimate of drug-likeness (QED) is 0.583. The van der Waals surface area contributed by atoms with Gasteiger partial charge in [-0.3, -0.25) is 0 Å². The third-order valence-corrected chi connectivity index (χ3v) is 4.01. The van der Waals surface area contributed by atoms with Gasteiger partial charge in [0.1, 0.15) is 5.82 Å². The number of para-hydroxylation sites is 2. The van der Waals surface area contributed by atoms with Crippen LogP contribution in [0.25, 0.3) is 33.9 Å². The second kappa shape index (κ2) is 6.28. The number of fused-ring (bicyclic) bond motifs is 1. The molecule has 2 aromatic carbocycles. The van der Waals surface area contributed by atoms with E-state index >= 15 is 0 Å². The van der Waals surface area contributed by atoms with Crippen LogP contribution in [-0.4, -0.2) is 20.2 Å². The van der Waals surface area contributed by atoms with Gasteiger partial charge in [-0.2, -0.15) is 0 Å². The first kappa shape index (κ1) is 14.6. The van der Waals surface area contributed by atoms with Crippen molar-refractivity contribution in [1.29, 1.82) is 0 Å². The van der Waals surface area contributed by atoms with Crippen molar-refractivity contribution in [3.8, 4) is 22.8 Å². The second-order valence-corrected chi connectivity index (χ2v) is 5.78. The Morgan fingerprint density at radius 3 is 2.54 bits per heavy atom. The Kier molecular flexibility index (Phi) is 3.83. The van der Waals surface area contributed by atoms with Crippen molar-refractivity contribution >= 4 is 11.0 Å². The van der Waals surface area contributed by atoms with Crippen molar-refractivity contribution in [2.75, 3.05) is 0 Å². The van der Waals surface area contributed by atoms with E-state index in [0.717, 1.165) is 47.2 Å². The van der Waals surface area contributed by atoms with E-state index in [1.165, 1.54) is 0 Å². The zero-order valence-electron chi connectivity index (χ0n) is 13.5. The molecule has 5 heteroatoms. The number of aryl methyl sites for hydroxylation is 1. The Bertz CT molecular complexity index is 920. The standard InChI is InChI=1S/C19H18N4O/c1-2-3-8-17-22-23-19(24-17)14-11-9-13(10-12-14)18-20-15-6-4-5-7-16(15)21-18/h4-7,9-12H,2-3,8H2,1H3,(H,20,21). The van der Waals surface area contributed by atoms with Crippen LogP contribution in [0.4, 0.5) is 0 Å². The molecule has 0 aliphatic carbocycles. The van der Waals surface area contributed by atoms with E-state index in [-0.39, 0.29) is 0 Å². The first-order valence-electron chi connectivity index (χ1n) is 8.21. The summed E-state index contributed by atoms with van der Waals surface area (Å²) in [6.07, 6.45) is 3.01. The molecule has 0 atom stereocenters. The van der Waals surface area contributed by atoms with Crippen LogP contribution < -0.4 is 0 Å². The Hall–Kier alpha value is -2.95. The van der Waals surface area contributed by atoms with E-state index < -0.39 is 0 Å². The highest BCUT2D eigenvalue weighted by Crippen LogP contribution is 2.24. The molecule has 5 nitrogen and oxygen atoms in total. The van der Waals surface area contributed by atoms with Crippen LogP contribution in [0.3, 0.4) is 0 Å².